The van der Waals surface area contributed by atoms with Crippen LogP contribution >= 0.6 is 0 Å². The second-order valence-electron chi connectivity index (χ2n) is 9.72. The molecule has 3 unspecified atom stereocenters. The average molecular weight is 383 g/mol. The highest BCUT2D eigenvalue weighted by molar-refractivity contribution is 5.76. The van der Waals surface area contributed by atoms with Crippen molar-refractivity contribution in [2.45, 2.75) is 92.5 Å². The Morgan fingerprint density at radius 3 is 1.96 bits per heavy atom. The molecule has 1 heterocycles. The van der Waals surface area contributed by atoms with Crippen molar-refractivity contribution in [2.24, 2.45) is 10.8 Å². The van der Waals surface area contributed by atoms with Gasteiger partial charge in [0.15, 0.2) is 0 Å². The van der Waals surface area contributed by atoms with E-state index in [1.807, 2.05) is 0 Å². The zero-order valence-corrected chi connectivity index (χ0v) is 19.5. The lowest BCUT2D eigenvalue weighted by Gasteiger charge is -2.48. The Balaban J connectivity index is 2.79. The molecule has 160 valence electrons. The van der Waals surface area contributed by atoms with Crippen LogP contribution in [0.5, 0.6) is 0 Å². The predicted molar refractivity (Wildman–Crippen MR) is 115 cm³/mol. The Kier molecular flexibility index (Phi) is 9.27. The van der Waals surface area contributed by atoms with Crippen LogP contribution in [0.2, 0.25) is 0 Å². The van der Waals surface area contributed by atoms with Crippen LogP contribution in [-0.2, 0) is 9.53 Å². The van der Waals surface area contributed by atoms with E-state index < -0.39 is 0 Å². The van der Waals surface area contributed by atoms with Crippen molar-refractivity contribution in [1.29, 1.82) is 0 Å². The van der Waals surface area contributed by atoms with Gasteiger partial charge in [-0.2, -0.15) is 0 Å². The van der Waals surface area contributed by atoms with Gasteiger partial charge >= 0.3 is 5.97 Å². The number of rotatable bonds is 11. The number of carbonyl (C=O) groups excluding carboxylic acids is 1. The van der Waals surface area contributed by atoms with Gasteiger partial charge in [0.2, 0.25) is 0 Å². The van der Waals surface area contributed by atoms with Crippen LogP contribution in [-0.4, -0.2) is 61.1 Å². The first-order valence-corrected chi connectivity index (χ1v) is 11.2. The summed E-state index contributed by atoms with van der Waals surface area (Å²) in [7, 11) is 2.21. The largest absolute Gasteiger partial charge is 0.465 e. The van der Waals surface area contributed by atoms with Crippen molar-refractivity contribution >= 4 is 5.97 Å². The van der Waals surface area contributed by atoms with Crippen LogP contribution in [0, 0.1) is 10.8 Å². The highest BCUT2D eigenvalue weighted by Crippen LogP contribution is 2.38. The molecule has 0 aromatic rings. The first-order valence-electron chi connectivity index (χ1n) is 11.2. The minimum absolute atomic E-state index is 0.00989. The molecule has 0 aromatic heterocycles. The maximum atomic E-state index is 12.8. The van der Waals surface area contributed by atoms with Gasteiger partial charge in [-0.3, -0.25) is 9.69 Å². The van der Waals surface area contributed by atoms with E-state index in [1.165, 1.54) is 0 Å². The van der Waals surface area contributed by atoms with Gasteiger partial charge in [0.1, 0.15) is 0 Å². The molecule has 1 aliphatic heterocycles. The van der Waals surface area contributed by atoms with Crippen LogP contribution in [0.15, 0.2) is 0 Å². The topological polar surface area (TPSA) is 32.8 Å². The number of carbonyl (C=O) groups is 1. The van der Waals surface area contributed by atoms with Crippen molar-refractivity contribution in [2.75, 3.05) is 39.8 Å². The molecular formula is C23H46N2O2. The van der Waals surface area contributed by atoms with E-state index in [0.29, 0.717) is 6.61 Å². The maximum absolute atomic E-state index is 12.8. The summed E-state index contributed by atoms with van der Waals surface area (Å²) < 4.78 is 5.94. The van der Waals surface area contributed by atoms with Gasteiger partial charge in [0, 0.05) is 37.1 Å². The van der Waals surface area contributed by atoms with Crippen molar-refractivity contribution in [3.05, 3.63) is 0 Å². The van der Waals surface area contributed by atoms with Crippen LogP contribution in [0.3, 0.4) is 0 Å². The van der Waals surface area contributed by atoms with Crippen LogP contribution in [0.1, 0.15) is 87.0 Å². The van der Waals surface area contributed by atoms with Gasteiger partial charge in [-0.05, 0) is 53.0 Å². The predicted octanol–water partition coefficient (Wildman–Crippen LogP) is 4.97. The number of hydrogen-bond acceptors (Lipinski definition) is 4. The Morgan fingerprint density at radius 1 is 0.926 bits per heavy atom. The Hall–Kier alpha value is -0.610. The summed E-state index contributed by atoms with van der Waals surface area (Å²) in [5.74, 6) is -0.00989. The molecular weight excluding hydrogens is 336 g/mol. The van der Waals surface area contributed by atoms with Gasteiger partial charge in [0.05, 0.1) is 12.0 Å². The number of ether oxygens (including phenoxy) is 1. The molecule has 0 amide bonds. The number of esters is 1. The molecule has 4 heteroatoms. The Morgan fingerprint density at radius 2 is 1.52 bits per heavy atom. The summed E-state index contributed by atoms with van der Waals surface area (Å²) in [5.41, 5.74) is -0.157. The monoisotopic (exact) mass is 382 g/mol. The van der Waals surface area contributed by atoms with Crippen molar-refractivity contribution < 1.29 is 9.53 Å². The molecule has 27 heavy (non-hydrogen) atoms. The lowest BCUT2D eigenvalue weighted by Crippen LogP contribution is -2.56. The molecule has 1 saturated heterocycles. The van der Waals surface area contributed by atoms with E-state index in [2.05, 4.69) is 65.3 Å². The highest BCUT2D eigenvalue weighted by Gasteiger charge is 2.40. The zero-order valence-electron chi connectivity index (χ0n) is 19.5. The minimum Gasteiger partial charge on any atom is -0.465 e. The number of piperazine rings is 1. The lowest BCUT2D eigenvalue weighted by molar-refractivity contribution is -0.160. The summed E-state index contributed by atoms with van der Waals surface area (Å²) in [6, 6.07) is 0. The fraction of sp³-hybridized carbons (Fsp3) is 0.957. The van der Waals surface area contributed by atoms with Gasteiger partial charge < -0.3 is 9.64 Å². The minimum atomic E-state index is -0.338. The van der Waals surface area contributed by atoms with Crippen LogP contribution < -0.4 is 0 Å². The quantitative estimate of drug-likeness (QED) is 0.472. The second kappa shape index (κ2) is 10.2. The van der Waals surface area contributed by atoms with E-state index in [4.69, 9.17) is 4.74 Å². The number of hydrogen-bond donors (Lipinski definition) is 0. The smallest absolute Gasteiger partial charge is 0.311 e. The molecule has 1 fully saturated rings. The SMILES string of the molecule is CCCC(C)(CC)C(=O)OCC(C)(CC)CC(C)(CC)N1CCN(C)CC1. The average Bonchev–Trinajstić information content (AvgIpc) is 2.66. The molecule has 0 aliphatic carbocycles. The van der Waals surface area contributed by atoms with E-state index in [0.717, 1.165) is 64.7 Å². The summed E-state index contributed by atoms with van der Waals surface area (Å²) in [6.07, 6.45) is 5.99. The Labute approximate surface area is 169 Å². The first kappa shape index (κ1) is 24.4. The van der Waals surface area contributed by atoms with E-state index in [-0.39, 0.29) is 22.3 Å². The van der Waals surface area contributed by atoms with E-state index in [9.17, 15) is 4.79 Å². The van der Waals surface area contributed by atoms with Gasteiger partial charge in [-0.15, -0.1) is 0 Å². The van der Waals surface area contributed by atoms with Gasteiger partial charge in [0.25, 0.3) is 0 Å². The van der Waals surface area contributed by atoms with Crippen molar-refractivity contribution in [1.82, 2.24) is 9.80 Å². The molecule has 0 spiro atoms. The third-order valence-corrected chi connectivity index (χ3v) is 7.32. The summed E-state index contributed by atoms with van der Waals surface area (Å²) in [4.78, 5) is 17.9. The molecule has 3 atom stereocenters. The summed E-state index contributed by atoms with van der Waals surface area (Å²) in [6.45, 7) is 20.6. The first-order chi connectivity index (χ1) is 12.6. The fourth-order valence-electron chi connectivity index (χ4n) is 4.39. The second-order valence-corrected chi connectivity index (χ2v) is 9.72. The maximum Gasteiger partial charge on any atom is 0.311 e. The van der Waals surface area contributed by atoms with Crippen molar-refractivity contribution in [3.63, 3.8) is 0 Å². The third-order valence-electron chi connectivity index (χ3n) is 7.32. The van der Waals surface area contributed by atoms with Crippen LogP contribution in [0.25, 0.3) is 0 Å². The van der Waals surface area contributed by atoms with Crippen LogP contribution in [0.4, 0.5) is 0 Å². The van der Waals surface area contributed by atoms with Gasteiger partial charge in [-0.25, -0.2) is 0 Å². The van der Waals surface area contributed by atoms with Crippen molar-refractivity contribution in [3.8, 4) is 0 Å². The lowest BCUT2D eigenvalue weighted by atomic mass is 9.74. The number of likely N-dealkylation sites (N-methyl/N-ethyl adjacent to an activating group) is 1. The molecule has 1 aliphatic rings. The molecule has 0 N–H and O–H groups in total. The third kappa shape index (κ3) is 6.45. The Bertz CT molecular complexity index is 461. The molecule has 0 aromatic carbocycles. The standard InChI is InChI=1S/C23H46N2O2/c1-9-13-22(6,11-3)20(26)27-19-21(5,10-2)18-23(7,12-4)25-16-14-24(8)15-17-25/h9-19H2,1-8H3. The van der Waals surface area contributed by atoms with E-state index >= 15 is 0 Å². The number of nitrogens with zero attached hydrogens (tertiary/aromatic N) is 2. The molecule has 1 rings (SSSR count). The normalized spacial score (nSPS) is 23.3. The summed E-state index contributed by atoms with van der Waals surface area (Å²) >= 11 is 0. The van der Waals surface area contributed by atoms with E-state index in [1.54, 1.807) is 0 Å². The molecule has 0 radical (unpaired) electrons. The highest BCUT2D eigenvalue weighted by atomic mass is 16.5. The molecule has 4 nitrogen and oxygen atoms in total. The van der Waals surface area contributed by atoms with Gasteiger partial charge in [-0.1, -0.05) is 41.0 Å². The zero-order chi connectivity index (χ0) is 20.7. The molecule has 0 saturated carbocycles. The molecule has 0 bridgehead atoms. The fourth-order valence-corrected chi connectivity index (χ4v) is 4.39. The summed E-state index contributed by atoms with van der Waals surface area (Å²) in [5, 5.41) is 0.